The van der Waals surface area contributed by atoms with Gasteiger partial charge in [-0.05, 0) is 28.8 Å². The fourth-order valence-corrected chi connectivity index (χ4v) is 4.47. The van der Waals surface area contributed by atoms with Crippen LogP contribution in [-0.4, -0.2) is 70.5 Å². The number of aliphatic hydroxyl groups is 1. The number of nitrogens with zero attached hydrogens (tertiary/aromatic N) is 1. The molecule has 17 N–H and O–H groups in total. The number of hydrazine groups is 2. The molecule has 6 amide bonds. The monoisotopic (exact) mass is 857 g/mol. The van der Waals surface area contributed by atoms with E-state index >= 15 is 0 Å². The zero-order valence-electron chi connectivity index (χ0n) is 33.4. The summed E-state index contributed by atoms with van der Waals surface area (Å²) in [7, 11) is 0. The maximum Gasteiger partial charge on any atom is 0.414 e. The number of rotatable bonds is 16. The number of hydrogen-bond donors (Lipinski definition) is 12. The lowest BCUT2D eigenvalue weighted by Gasteiger charge is -2.15. The van der Waals surface area contributed by atoms with Crippen molar-refractivity contribution in [1.29, 1.82) is 5.26 Å². The number of nitrogens with one attached hydrogen (secondary N) is 5. The first kappa shape index (κ1) is 52.3. The summed E-state index contributed by atoms with van der Waals surface area (Å²) in [5.74, 6) is 5.27. The van der Waals surface area contributed by atoms with Crippen molar-refractivity contribution in [2.75, 3.05) is 11.9 Å². The van der Waals surface area contributed by atoms with Gasteiger partial charge in [-0.15, -0.1) is 0 Å². The Kier molecular flexibility index (Phi) is 25.6. The average molecular weight is 858 g/mol. The summed E-state index contributed by atoms with van der Waals surface area (Å²) in [6, 6.07) is 35.2. The number of carbonyl (C=O) groups is 7. The molecule has 0 fully saturated rings. The fraction of sp³-hybridized carbons (Fsp3) is 0.220. The first-order valence-corrected chi connectivity index (χ1v) is 18.4. The van der Waals surface area contributed by atoms with Crippen LogP contribution in [0.1, 0.15) is 52.4 Å². The molecule has 0 radical (unpaired) electrons. The van der Waals surface area contributed by atoms with Gasteiger partial charge in [0.2, 0.25) is 17.7 Å². The second kappa shape index (κ2) is 30.3. The molecule has 4 rings (SSSR count). The van der Waals surface area contributed by atoms with Crippen molar-refractivity contribution in [3.05, 3.63) is 138 Å². The largest absolute Gasteiger partial charge is 0.480 e. The van der Waals surface area contributed by atoms with Gasteiger partial charge in [0.25, 0.3) is 11.8 Å². The van der Waals surface area contributed by atoms with Crippen LogP contribution in [0.15, 0.2) is 115 Å². The molecule has 3 atom stereocenters. The molecule has 21 nitrogen and oxygen atoms in total. The van der Waals surface area contributed by atoms with Crippen LogP contribution in [0.3, 0.4) is 0 Å². The van der Waals surface area contributed by atoms with E-state index in [1.807, 2.05) is 72.0 Å². The number of para-hydroxylation sites is 1. The minimum Gasteiger partial charge on any atom is -0.480 e. The number of carboxylic acid groups (broad SMARTS) is 1. The Morgan fingerprint density at radius 2 is 1.27 bits per heavy atom. The van der Waals surface area contributed by atoms with Crippen molar-refractivity contribution in [1.82, 2.24) is 21.5 Å². The lowest BCUT2D eigenvalue weighted by Crippen LogP contribution is -2.42. The zero-order chi connectivity index (χ0) is 46.3. The van der Waals surface area contributed by atoms with Gasteiger partial charge in [0.05, 0.1) is 24.5 Å². The number of benzene rings is 4. The maximum absolute atomic E-state index is 11.3. The second-order valence-corrected chi connectivity index (χ2v) is 12.4. The minimum absolute atomic E-state index is 0.00588. The quantitative estimate of drug-likeness (QED) is 0.0403. The second-order valence-electron chi connectivity index (χ2n) is 12.4. The van der Waals surface area contributed by atoms with Gasteiger partial charge in [0.15, 0.2) is 0 Å². The molecule has 0 saturated heterocycles. The van der Waals surface area contributed by atoms with Gasteiger partial charge in [0.1, 0.15) is 24.8 Å². The van der Waals surface area contributed by atoms with E-state index in [0.29, 0.717) is 30.8 Å². The summed E-state index contributed by atoms with van der Waals surface area (Å²) >= 11 is 0. The normalized spacial score (nSPS) is 11.1. The van der Waals surface area contributed by atoms with Gasteiger partial charge < -0.3 is 42.8 Å². The number of amides is 6. The summed E-state index contributed by atoms with van der Waals surface area (Å²) in [6.07, 6.45) is -2.89. The molecule has 0 aliphatic carbocycles. The molecule has 0 aromatic heterocycles. The summed E-state index contributed by atoms with van der Waals surface area (Å²) in [4.78, 5) is 76.1. The fourth-order valence-electron chi connectivity index (χ4n) is 4.47. The van der Waals surface area contributed by atoms with E-state index in [1.54, 1.807) is 59.4 Å². The minimum atomic E-state index is -1.46. The summed E-state index contributed by atoms with van der Waals surface area (Å²) in [5, 5.41) is 34.3. The maximum atomic E-state index is 11.3. The van der Waals surface area contributed by atoms with Gasteiger partial charge >= 0.3 is 12.1 Å². The van der Waals surface area contributed by atoms with E-state index in [-0.39, 0.29) is 12.5 Å². The standard InChI is InChI=1S/C15H13N3O.C12H14N2O5.C10H14N2O.C4H10N4O3/c16-10-14(11-6-2-1-3-7-11)18-13-9-5-4-8-12(13)15(17)19;13-9(11(16)17)6-10(15)14-12(18)19-7-8-4-2-1-3-5-8;11-7-6-10(13)12-8-9-4-2-1-3-5-9;5-7-3(10)1-2(9)4(11)8-6/h1-9,14,18H,(H2,17,19);1-5,9H,6-7,13H2,(H,16,17)(H,14,15,18);1-5H,6-8,11H2,(H,12,13);2,9H,1,5-6H2,(H,7,10)(H,8,11). The Labute approximate surface area is 356 Å². The van der Waals surface area contributed by atoms with Crippen LogP contribution in [0.25, 0.3) is 0 Å². The molecule has 62 heavy (non-hydrogen) atoms. The number of alkyl carbamates (subject to hydrolysis) is 1. The van der Waals surface area contributed by atoms with Crippen molar-refractivity contribution in [3.8, 4) is 6.07 Å². The van der Waals surface area contributed by atoms with Crippen molar-refractivity contribution in [2.45, 2.75) is 50.6 Å². The van der Waals surface area contributed by atoms with Crippen LogP contribution in [0.2, 0.25) is 0 Å². The van der Waals surface area contributed by atoms with E-state index in [4.69, 9.17) is 32.2 Å². The molecular formula is C41H51N11O10. The topological polar surface area (TPSA) is 383 Å². The van der Waals surface area contributed by atoms with E-state index in [0.717, 1.165) is 16.7 Å². The molecule has 0 bridgehead atoms. The number of carboxylic acids is 1. The van der Waals surface area contributed by atoms with Crippen LogP contribution in [-0.2, 0) is 41.9 Å². The number of nitrogens with two attached hydrogens (primary N) is 5. The van der Waals surface area contributed by atoms with Crippen LogP contribution < -0.4 is 55.7 Å². The van der Waals surface area contributed by atoms with E-state index < -0.39 is 66.7 Å². The lowest BCUT2D eigenvalue weighted by molar-refractivity contribution is -0.140. The molecular weight excluding hydrogens is 807 g/mol. The SMILES string of the molecule is N#CC(Nc1ccccc1C(N)=O)c1ccccc1.NC(CC(=O)NC(=O)OCc1ccccc1)C(=O)O.NCCC(=O)NCc1ccccc1.NNC(=O)CC(O)C(=O)NN. The van der Waals surface area contributed by atoms with Crippen LogP contribution in [0.4, 0.5) is 10.5 Å². The molecule has 0 heterocycles. The predicted molar refractivity (Wildman–Crippen MR) is 226 cm³/mol. The number of aliphatic hydroxyl groups excluding tert-OH is 1. The third-order valence-electron chi connectivity index (χ3n) is 7.62. The van der Waals surface area contributed by atoms with Gasteiger partial charge in [-0.3, -0.25) is 44.9 Å². The average Bonchev–Trinajstić information content (AvgIpc) is 3.28. The molecule has 4 aromatic carbocycles. The molecule has 4 aromatic rings. The Morgan fingerprint density at radius 1 is 0.726 bits per heavy atom. The third kappa shape index (κ3) is 22.4. The number of ether oxygens (including phenoxy) is 1. The van der Waals surface area contributed by atoms with Crippen LogP contribution >= 0.6 is 0 Å². The lowest BCUT2D eigenvalue weighted by atomic mass is 10.1. The van der Waals surface area contributed by atoms with Crippen LogP contribution in [0, 0.1) is 11.3 Å². The Hall–Kier alpha value is -7.74. The Morgan fingerprint density at radius 3 is 1.79 bits per heavy atom. The van der Waals surface area contributed by atoms with Gasteiger partial charge in [-0.25, -0.2) is 16.5 Å². The number of hydrogen-bond acceptors (Lipinski definition) is 15. The van der Waals surface area contributed by atoms with E-state index in [9.17, 15) is 38.8 Å². The zero-order valence-corrected chi connectivity index (χ0v) is 33.4. The first-order valence-electron chi connectivity index (χ1n) is 18.4. The molecule has 3 unspecified atom stereocenters. The molecule has 0 aliphatic heterocycles. The first-order chi connectivity index (χ1) is 29.6. The predicted octanol–water partition coefficient (Wildman–Crippen LogP) is 0.0725. The van der Waals surface area contributed by atoms with E-state index in [1.165, 1.54) is 0 Å². The highest BCUT2D eigenvalue weighted by Crippen LogP contribution is 2.22. The number of anilines is 1. The number of aliphatic carboxylic acids is 1. The number of nitriles is 1. The van der Waals surface area contributed by atoms with Gasteiger partial charge in [-0.1, -0.05) is 103 Å². The number of carbonyl (C=O) groups excluding carboxylic acids is 6. The number of primary amides is 1. The number of imide groups is 1. The molecule has 21 heteroatoms. The van der Waals surface area contributed by atoms with Gasteiger partial charge in [0, 0.05) is 25.2 Å². The summed E-state index contributed by atoms with van der Waals surface area (Å²) < 4.78 is 4.78. The molecule has 330 valence electrons. The van der Waals surface area contributed by atoms with E-state index in [2.05, 4.69) is 28.4 Å². The Balaban J connectivity index is 0.000000424. The van der Waals surface area contributed by atoms with Crippen molar-refractivity contribution in [3.63, 3.8) is 0 Å². The molecule has 0 saturated carbocycles. The van der Waals surface area contributed by atoms with Gasteiger partial charge in [-0.2, -0.15) is 5.26 Å². The smallest absolute Gasteiger partial charge is 0.414 e. The highest BCUT2D eigenvalue weighted by atomic mass is 16.5. The van der Waals surface area contributed by atoms with Crippen molar-refractivity contribution in [2.24, 2.45) is 28.9 Å². The van der Waals surface area contributed by atoms with Crippen LogP contribution in [0.5, 0.6) is 0 Å². The highest BCUT2D eigenvalue weighted by Gasteiger charge is 2.19. The Bertz CT molecular complexity index is 2060. The highest BCUT2D eigenvalue weighted by molar-refractivity contribution is 5.98. The molecule has 0 spiro atoms. The van der Waals surface area contributed by atoms with Crippen molar-refractivity contribution < 1.29 is 48.5 Å². The summed E-state index contributed by atoms with van der Waals surface area (Å²) in [6.45, 7) is 1.01. The third-order valence-corrected chi connectivity index (χ3v) is 7.62. The summed E-state index contributed by atoms with van der Waals surface area (Å²) in [5.41, 5.74) is 22.8. The van der Waals surface area contributed by atoms with Crippen molar-refractivity contribution >= 4 is 47.3 Å². The molecule has 0 aliphatic rings.